The molecule has 4 aromatic rings. The Kier molecular flexibility index (Phi) is 5.05. The highest BCUT2D eigenvalue weighted by atomic mass is 32.1. The first-order valence-corrected chi connectivity index (χ1v) is 11.0. The number of aryl methyl sites for hydroxylation is 2. The fourth-order valence-electron chi connectivity index (χ4n) is 3.95. The zero-order valence-electron chi connectivity index (χ0n) is 17.4. The molecule has 5 rings (SSSR count). The Morgan fingerprint density at radius 2 is 2.10 bits per heavy atom. The number of aromatic nitrogens is 5. The highest BCUT2D eigenvalue weighted by Crippen LogP contribution is 2.30. The summed E-state index contributed by atoms with van der Waals surface area (Å²) in [5.74, 6) is 2.19. The number of hydrogen-bond acceptors (Lipinski definition) is 9. The monoisotopic (exact) mass is 436 g/mol. The van der Waals surface area contributed by atoms with Crippen LogP contribution in [0.3, 0.4) is 0 Å². The lowest BCUT2D eigenvalue weighted by atomic mass is 10.2. The number of nitrogens with one attached hydrogen (secondary N) is 1. The standard InChI is InChI=1S/C21H24N8OS/c1-12-3-4-18(27-20(12)28-10-14(22)7-15(28)11-30)26-19-8-16-17(9-23-19)31-21(25-16)29-13(2)5-6-24-29/h3-6,8-9,14-15,30H,7,10-11,22H2,1-2H3,(H,23,26,27)/t14-,15-/m0/s1. The summed E-state index contributed by atoms with van der Waals surface area (Å²) >= 11 is 1.55. The normalized spacial score (nSPS) is 18.8. The summed E-state index contributed by atoms with van der Waals surface area (Å²) in [6.07, 6.45) is 4.34. The van der Waals surface area contributed by atoms with Gasteiger partial charge in [0.2, 0.25) is 5.13 Å². The topological polar surface area (TPSA) is 118 Å². The molecule has 0 saturated carbocycles. The Hall–Kier alpha value is -3.08. The van der Waals surface area contributed by atoms with E-state index in [4.69, 9.17) is 15.7 Å². The van der Waals surface area contributed by atoms with Crippen molar-refractivity contribution in [1.29, 1.82) is 0 Å². The van der Waals surface area contributed by atoms with E-state index < -0.39 is 0 Å². The summed E-state index contributed by atoms with van der Waals surface area (Å²) in [4.78, 5) is 16.1. The van der Waals surface area contributed by atoms with E-state index in [1.54, 1.807) is 17.5 Å². The number of rotatable bonds is 5. The first kappa shape index (κ1) is 19.9. The fraction of sp³-hybridized carbons (Fsp3) is 0.333. The average Bonchev–Trinajstić information content (AvgIpc) is 3.46. The number of anilines is 3. The van der Waals surface area contributed by atoms with Crippen molar-refractivity contribution in [2.75, 3.05) is 23.4 Å². The molecule has 0 aromatic carbocycles. The Morgan fingerprint density at radius 3 is 2.87 bits per heavy atom. The summed E-state index contributed by atoms with van der Waals surface area (Å²) in [6, 6.07) is 7.84. The molecule has 0 amide bonds. The molecule has 0 bridgehead atoms. The summed E-state index contributed by atoms with van der Waals surface area (Å²) < 4.78 is 2.81. The van der Waals surface area contributed by atoms with Gasteiger partial charge in [-0.25, -0.2) is 19.6 Å². The van der Waals surface area contributed by atoms with Gasteiger partial charge in [-0.2, -0.15) is 5.10 Å². The van der Waals surface area contributed by atoms with Crippen LogP contribution in [0.5, 0.6) is 0 Å². The molecule has 31 heavy (non-hydrogen) atoms. The lowest BCUT2D eigenvalue weighted by Crippen LogP contribution is -2.34. The summed E-state index contributed by atoms with van der Waals surface area (Å²) in [5, 5.41) is 18.2. The molecule has 9 nitrogen and oxygen atoms in total. The third-order valence-corrected chi connectivity index (χ3v) is 6.51. The van der Waals surface area contributed by atoms with Crippen LogP contribution in [0.4, 0.5) is 17.5 Å². The molecule has 0 spiro atoms. The third kappa shape index (κ3) is 3.73. The molecule has 1 aliphatic heterocycles. The second-order valence-corrected chi connectivity index (χ2v) is 8.87. The average molecular weight is 437 g/mol. The van der Waals surface area contributed by atoms with E-state index in [1.807, 2.05) is 49.0 Å². The zero-order valence-corrected chi connectivity index (χ0v) is 18.2. The Morgan fingerprint density at radius 1 is 1.23 bits per heavy atom. The first-order chi connectivity index (χ1) is 15.0. The van der Waals surface area contributed by atoms with Crippen LogP contribution < -0.4 is 16.0 Å². The van der Waals surface area contributed by atoms with E-state index in [-0.39, 0.29) is 18.7 Å². The van der Waals surface area contributed by atoms with Crippen molar-refractivity contribution in [3.63, 3.8) is 0 Å². The molecular weight excluding hydrogens is 412 g/mol. The highest BCUT2D eigenvalue weighted by molar-refractivity contribution is 7.20. The molecule has 4 aromatic heterocycles. The SMILES string of the molecule is Cc1ccc(Nc2cc3nc(-n4nccc4C)sc3cn2)nc1N1C[C@@H](N)C[C@H]1CO. The maximum Gasteiger partial charge on any atom is 0.211 e. The second kappa shape index (κ2) is 7.88. The van der Waals surface area contributed by atoms with Gasteiger partial charge in [0.15, 0.2) is 0 Å². The maximum atomic E-state index is 9.74. The van der Waals surface area contributed by atoms with Crippen molar-refractivity contribution in [2.45, 2.75) is 32.4 Å². The van der Waals surface area contributed by atoms with Crippen molar-refractivity contribution in [3.05, 3.63) is 47.9 Å². The number of aliphatic hydroxyl groups is 1. The van der Waals surface area contributed by atoms with E-state index in [9.17, 15) is 5.11 Å². The Balaban J connectivity index is 1.42. The molecule has 0 aliphatic carbocycles. The van der Waals surface area contributed by atoms with Crippen molar-refractivity contribution < 1.29 is 5.11 Å². The predicted molar refractivity (Wildman–Crippen MR) is 122 cm³/mol. The van der Waals surface area contributed by atoms with Gasteiger partial charge in [-0.3, -0.25) is 0 Å². The lowest BCUT2D eigenvalue weighted by Gasteiger charge is -2.26. The molecule has 1 aliphatic rings. The molecule has 1 fully saturated rings. The van der Waals surface area contributed by atoms with E-state index in [2.05, 4.69) is 20.3 Å². The van der Waals surface area contributed by atoms with E-state index in [0.717, 1.165) is 38.8 Å². The van der Waals surface area contributed by atoms with Gasteiger partial charge in [0.05, 0.1) is 22.9 Å². The molecule has 4 N–H and O–H groups in total. The van der Waals surface area contributed by atoms with Crippen LogP contribution in [0.2, 0.25) is 0 Å². The largest absolute Gasteiger partial charge is 0.394 e. The smallest absolute Gasteiger partial charge is 0.211 e. The maximum absolute atomic E-state index is 9.74. The van der Waals surface area contributed by atoms with Gasteiger partial charge in [0, 0.05) is 36.7 Å². The molecule has 0 radical (unpaired) electrons. The van der Waals surface area contributed by atoms with Gasteiger partial charge in [-0.05, 0) is 38.0 Å². The van der Waals surface area contributed by atoms with Crippen LogP contribution >= 0.6 is 11.3 Å². The zero-order chi connectivity index (χ0) is 21.5. The fourth-order valence-corrected chi connectivity index (χ4v) is 4.88. The van der Waals surface area contributed by atoms with Crippen LogP contribution in [0.1, 0.15) is 17.7 Å². The number of aliphatic hydroxyl groups excluding tert-OH is 1. The quantitative estimate of drug-likeness (QED) is 0.437. The van der Waals surface area contributed by atoms with Gasteiger partial charge in [0.25, 0.3) is 0 Å². The molecule has 1 saturated heterocycles. The van der Waals surface area contributed by atoms with Crippen molar-refractivity contribution >= 4 is 39.0 Å². The highest BCUT2D eigenvalue weighted by Gasteiger charge is 2.31. The summed E-state index contributed by atoms with van der Waals surface area (Å²) in [5.41, 5.74) is 9.05. The van der Waals surface area contributed by atoms with E-state index >= 15 is 0 Å². The molecule has 0 unspecified atom stereocenters. The van der Waals surface area contributed by atoms with Crippen molar-refractivity contribution in [2.24, 2.45) is 5.73 Å². The number of nitrogens with two attached hydrogens (primary N) is 1. The minimum absolute atomic E-state index is 0.00916. The number of fused-ring (bicyclic) bond motifs is 1. The van der Waals surface area contributed by atoms with Gasteiger partial charge >= 0.3 is 0 Å². The van der Waals surface area contributed by atoms with Crippen molar-refractivity contribution in [1.82, 2.24) is 24.7 Å². The predicted octanol–water partition coefficient (Wildman–Crippen LogP) is 2.53. The minimum Gasteiger partial charge on any atom is -0.394 e. The van der Waals surface area contributed by atoms with Crippen LogP contribution in [0, 0.1) is 13.8 Å². The summed E-state index contributed by atoms with van der Waals surface area (Å²) in [7, 11) is 0. The molecular formula is C21H24N8OS. The van der Waals surface area contributed by atoms with Crippen LogP contribution in [0.25, 0.3) is 15.3 Å². The number of hydrogen-bond donors (Lipinski definition) is 3. The molecule has 2 atom stereocenters. The lowest BCUT2D eigenvalue weighted by molar-refractivity contribution is 0.265. The van der Waals surface area contributed by atoms with E-state index in [0.29, 0.717) is 18.2 Å². The molecule has 5 heterocycles. The number of thiazole rings is 1. The number of nitrogens with zero attached hydrogens (tertiary/aromatic N) is 6. The Bertz CT molecular complexity index is 1240. The van der Waals surface area contributed by atoms with Crippen LogP contribution in [-0.2, 0) is 0 Å². The third-order valence-electron chi connectivity index (χ3n) is 5.53. The van der Waals surface area contributed by atoms with Gasteiger partial charge in [0.1, 0.15) is 17.5 Å². The Labute approximate surface area is 183 Å². The van der Waals surface area contributed by atoms with Gasteiger partial charge < -0.3 is 21.1 Å². The summed E-state index contributed by atoms with van der Waals surface area (Å²) in [6.45, 7) is 4.76. The molecule has 160 valence electrons. The van der Waals surface area contributed by atoms with Gasteiger partial charge in [-0.1, -0.05) is 17.4 Å². The van der Waals surface area contributed by atoms with Crippen LogP contribution in [-0.4, -0.2) is 55.1 Å². The minimum atomic E-state index is -0.00916. The molecule has 10 heteroatoms. The second-order valence-electron chi connectivity index (χ2n) is 7.86. The first-order valence-electron chi connectivity index (χ1n) is 10.2. The van der Waals surface area contributed by atoms with Crippen molar-refractivity contribution in [3.8, 4) is 5.13 Å². The number of pyridine rings is 2. The van der Waals surface area contributed by atoms with Gasteiger partial charge in [-0.15, -0.1) is 0 Å². The van der Waals surface area contributed by atoms with Crippen LogP contribution in [0.15, 0.2) is 36.7 Å². The van der Waals surface area contributed by atoms with E-state index in [1.165, 1.54) is 0 Å².